The Morgan fingerprint density at radius 2 is 2.08 bits per heavy atom. The van der Waals surface area contributed by atoms with Crippen molar-refractivity contribution in [1.82, 2.24) is 20.0 Å². The molecule has 0 N–H and O–H groups in total. The van der Waals surface area contributed by atoms with Crippen LogP contribution in [0.3, 0.4) is 0 Å². The largest absolute Gasteiger partial charge is 0.363 e. The molecule has 2 aliphatic rings. The van der Waals surface area contributed by atoms with E-state index in [-0.39, 0.29) is 12.0 Å². The zero-order valence-electron chi connectivity index (χ0n) is 15.3. The van der Waals surface area contributed by atoms with Gasteiger partial charge in [0.2, 0.25) is 0 Å². The number of aromatic nitrogens is 3. The van der Waals surface area contributed by atoms with Crippen molar-refractivity contribution >= 4 is 11.7 Å². The third kappa shape index (κ3) is 3.41. The average molecular weight is 357 g/mol. The summed E-state index contributed by atoms with van der Waals surface area (Å²) < 4.78 is 11.3. The highest BCUT2D eigenvalue weighted by atomic mass is 16.5. The van der Waals surface area contributed by atoms with E-state index >= 15 is 0 Å². The number of carbonyl (C=O) groups excluding carboxylic acids is 1. The first-order valence-corrected chi connectivity index (χ1v) is 8.93. The molecular formula is C18H23N5O3. The topological polar surface area (TPSA) is 84.6 Å². The van der Waals surface area contributed by atoms with Crippen molar-refractivity contribution in [2.75, 3.05) is 32.1 Å². The Bertz CT molecular complexity index is 784. The summed E-state index contributed by atoms with van der Waals surface area (Å²) in [6.07, 6.45) is 3.34. The van der Waals surface area contributed by atoms with Gasteiger partial charge in [0.05, 0.1) is 18.2 Å². The van der Waals surface area contributed by atoms with Crippen molar-refractivity contribution in [2.45, 2.75) is 37.9 Å². The number of morpholine rings is 1. The Hall–Kier alpha value is -2.48. The van der Waals surface area contributed by atoms with E-state index in [4.69, 9.17) is 9.26 Å². The Balaban J connectivity index is 1.49. The summed E-state index contributed by atoms with van der Waals surface area (Å²) in [4.78, 5) is 25.3. The summed E-state index contributed by atoms with van der Waals surface area (Å²) in [5.41, 5.74) is 0.563. The SMILES string of the molecule is C[C@@H]1CN(C(=O)c2ccc(N(C)C)nc2)C[C@H](c2nc(C3CC3)no2)O1. The number of hydrogen-bond acceptors (Lipinski definition) is 7. The van der Waals surface area contributed by atoms with Gasteiger partial charge in [0.15, 0.2) is 11.9 Å². The molecule has 1 amide bonds. The predicted octanol–water partition coefficient (Wildman–Crippen LogP) is 2.01. The van der Waals surface area contributed by atoms with Gasteiger partial charge in [-0.15, -0.1) is 0 Å². The molecule has 1 aliphatic carbocycles. The fourth-order valence-corrected chi connectivity index (χ4v) is 3.10. The fraction of sp³-hybridized carbons (Fsp3) is 0.556. The molecule has 2 aromatic rings. The lowest BCUT2D eigenvalue weighted by Gasteiger charge is -2.35. The van der Waals surface area contributed by atoms with Crippen LogP contribution in [0.4, 0.5) is 5.82 Å². The number of rotatable bonds is 4. The first-order chi connectivity index (χ1) is 12.5. The molecule has 2 aromatic heterocycles. The van der Waals surface area contributed by atoms with Crippen LogP contribution in [-0.4, -0.2) is 59.2 Å². The second-order valence-corrected chi connectivity index (χ2v) is 7.21. The first kappa shape index (κ1) is 17.0. The fourth-order valence-electron chi connectivity index (χ4n) is 3.10. The number of amides is 1. The van der Waals surface area contributed by atoms with Crippen LogP contribution in [0, 0.1) is 0 Å². The molecule has 0 bridgehead atoms. The lowest BCUT2D eigenvalue weighted by atomic mass is 10.1. The van der Waals surface area contributed by atoms with Gasteiger partial charge in [-0.1, -0.05) is 5.16 Å². The number of ether oxygens (including phenoxy) is 1. The van der Waals surface area contributed by atoms with Gasteiger partial charge in [0, 0.05) is 32.8 Å². The number of anilines is 1. The van der Waals surface area contributed by atoms with Crippen LogP contribution in [0.15, 0.2) is 22.9 Å². The van der Waals surface area contributed by atoms with E-state index in [2.05, 4.69) is 15.1 Å². The molecule has 3 heterocycles. The maximum Gasteiger partial charge on any atom is 0.257 e. The number of carbonyl (C=O) groups is 1. The smallest absolute Gasteiger partial charge is 0.257 e. The highest BCUT2D eigenvalue weighted by Crippen LogP contribution is 2.39. The van der Waals surface area contributed by atoms with Gasteiger partial charge >= 0.3 is 0 Å². The van der Waals surface area contributed by atoms with E-state index < -0.39 is 6.10 Å². The molecule has 0 spiro atoms. The van der Waals surface area contributed by atoms with Crippen LogP contribution in [-0.2, 0) is 4.74 Å². The lowest BCUT2D eigenvalue weighted by molar-refractivity contribution is -0.0810. The van der Waals surface area contributed by atoms with E-state index in [1.165, 1.54) is 0 Å². The van der Waals surface area contributed by atoms with Crippen molar-refractivity contribution in [1.29, 1.82) is 0 Å². The van der Waals surface area contributed by atoms with Crippen molar-refractivity contribution in [2.24, 2.45) is 0 Å². The molecule has 2 fully saturated rings. The van der Waals surface area contributed by atoms with Gasteiger partial charge in [-0.25, -0.2) is 4.98 Å². The summed E-state index contributed by atoms with van der Waals surface area (Å²) in [5.74, 6) is 2.38. The van der Waals surface area contributed by atoms with E-state index in [9.17, 15) is 4.79 Å². The minimum atomic E-state index is -0.392. The molecule has 8 heteroatoms. The van der Waals surface area contributed by atoms with E-state index in [1.807, 2.05) is 32.0 Å². The van der Waals surface area contributed by atoms with Gasteiger partial charge in [-0.3, -0.25) is 4.79 Å². The molecular weight excluding hydrogens is 334 g/mol. The van der Waals surface area contributed by atoms with Crippen LogP contribution in [0.25, 0.3) is 0 Å². The van der Waals surface area contributed by atoms with Crippen molar-refractivity contribution < 1.29 is 14.1 Å². The Morgan fingerprint density at radius 1 is 1.27 bits per heavy atom. The number of hydrogen-bond donors (Lipinski definition) is 0. The lowest BCUT2D eigenvalue weighted by Crippen LogP contribution is -2.46. The van der Waals surface area contributed by atoms with Crippen LogP contribution in [0.5, 0.6) is 0 Å². The second kappa shape index (κ2) is 6.68. The zero-order chi connectivity index (χ0) is 18.3. The van der Waals surface area contributed by atoms with Gasteiger partial charge in [0.1, 0.15) is 5.82 Å². The number of pyridine rings is 1. The molecule has 1 aliphatic heterocycles. The van der Waals surface area contributed by atoms with Crippen molar-refractivity contribution in [3.05, 3.63) is 35.6 Å². The van der Waals surface area contributed by atoms with Crippen LogP contribution in [0.2, 0.25) is 0 Å². The molecule has 1 saturated carbocycles. The van der Waals surface area contributed by atoms with Crippen LogP contribution >= 0.6 is 0 Å². The summed E-state index contributed by atoms with van der Waals surface area (Å²) in [7, 11) is 3.83. The van der Waals surface area contributed by atoms with E-state index in [1.54, 1.807) is 17.2 Å². The first-order valence-electron chi connectivity index (χ1n) is 8.93. The number of nitrogens with zero attached hydrogens (tertiary/aromatic N) is 5. The zero-order valence-corrected chi connectivity index (χ0v) is 15.3. The van der Waals surface area contributed by atoms with Crippen molar-refractivity contribution in [3.63, 3.8) is 0 Å². The van der Waals surface area contributed by atoms with E-state index in [0.29, 0.717) is 30.5 Å². The Kier molecular flexibility index (Phi) is 4.36. The Labute approximate surface area is 152 Å². The highest BCUT2D eigenvalue weighted by Gasteiger charge is 2.35. The van der Waals surface area contributed by atoms with Gasteiger partial charge < -0.3 is 19.1 Å². The average Bonchev–Trinajstić information content (AvgIpc) is 3.37. The van der Waals surface area contributed by atoms with E-state index in [0.717, 1.165) is 24.5 Å². The Morgan fingerprint density at radius 3 is 2.73 bits per heavy atom. The van der Waals surface area contributed by atoms with Gasteiger partial charge in [0.25, 0.3) is 11.8 Å². The third-order valence-corrected chi connectivity index (χ3v) is 4.68. The monoisotopic (exact) mass is 357 g/mol. The second-order valence-electron chi connectivity index (χ2n) is 7.21. The summed E-state index contributed by atoms with van der Waals surface area (Å²) in [6.45, 7) is 2.86. The molecule has 0 unspecified atom stereocenters. The van der Waals surface area contributed by atoms with Crippen LogP contribution < -0.4 is 4.90 Å². The van der Waals surface area contributed by atoms with Crippen LogP contribution in [0.1, 0.15) is 53.9 Å². The summed E-state index contributed by atoms with van der Waals surface area (Å²) in [5, 5.41) is 4.05. The minimum absolute atomic E-state index is 0.0649. The molecule has 0 radical (unpaired) electrons. The molecule has 138 valence electrons. The maximum absolute atomic E-state index is 12.9. The molecule has 26 heavy (non-hydrogen) atoms. The third-order valence-electron chi connectivity index (χ3n) is 4.68. The predicted molar refractivity (Wildman–Crippen MR) is 94.0 cm³/mol. The molecule has 8 nitrogen and oxygen atoms in total. The van der Waals surface area contributed by atoms with Gasteiger partial charge in [-0.05, 0) is 31.9 Å². The van der Waals surface area contributed by atoms with Crippen molar-refractivity contribution in [3.8, 4) is 0 Å². The maximum atomic E-state index is 12.9. The summed E-state index contributed by atoms with van der Waals surface area (Å²) >= 11 is 0. The molecule has 2 atom stereocenters. The summed E-state index contributed by atoms with van der Waals surface area (Å²) in [6, 6.07) is 3.65. The quantitative estimate of drug-likeness (QED) is 0.827. The molecule has 4 rings (SSSR count). The minimum Gasteiger partial charge on any atom is -0.363 e. The van der Waals surface area contributed by atoms with Gasteiger partial charge in [-0.2, -0.15) is 4.98 Å². The normalized spacial score (nSPS) is 23.1. The highest BCUT2D eigenvalue weighted by molar-refractivity contribution is 5.94. The molecule has 0 aromatic carbocycles. The molecule has 1 saturated heterocycles. The standard InChI is InChI=1S/C18H23N5O3/c1-11-9-23(18(24)13-6-7-15(19-8-13)22(2)3)10-14(25-11)17-20-16(21-26-17)12-4-5-12/h6-8,11-12,14H,4-5,9-10H2,1-3H3/t11-,14-/m1/s1.